The highest BCUT2D eigenvalue weighted by atomic mass is 35.5. The third kappa shape index (κ3) is 6.47. The van der Waals surface area contributed by atoms with Gasteiger partial charge in [0.2, 0.25) is 0 Å². The number of hydrogen-bond donors (Lipinski definition) is 0. The molecule has 0 saturated carbocycles. The largest absolute Gasteiger partial charge is 0.241 e. The molecule has 0 aliphatic heterocycles. The van der Waals surface area contributed by atoms with Crippen LogP contribution in [0.1, 0.15) is 6.92 Å². The van der Waals surface area contributed by atoms with E-state index in [1.165, 1.54) is 0 Å². The molecule has 0 amide bonds. The van der Waals surface area contributed by atoms with E-state index in [9.17, 15) is 0 Å². The van der Waals surface area contributed by atoms with Crippen LogP contribution < -0.4 is 0 Å². The highest BCUT2D eigenvalue weighted by Gasteiger charge is 2.07. The molecule has 0 saturated heterocycles. The Balaban J connectivity index is 1.85. The van der Waals surface area contributed by atoms with Crippen LogP contribution in [-0.4, -0.2) is 5.04 Å². The van der Waals surface area contributed by atoms with E-state index in [2.05, 4.69) is 12.3 Å². The smallest absolute Gasteiger partial charge is 0.105 e. The van der Waals surface area contributed by atoms with E-state index >= 15 is 0 Å². The third-order valence-corrected chi connectivity index (χ3v) is 6.17. The molecular weight excluding hydrogens is 413 g/mol. The van der Waals surface area contributed by atoms with Crippen molar-refractivity contribution in [1.82, 2.24) is 0 Å². The summed E-state index contributed by atoms with van der Waals surface area (Å²) in [6, 6.07) is 25.6. The van der Waals surface area contributed by atoms with Crippen LogP contribution in [0.5, 0.6) is 0 Å². The van der Waals surface area contributed by atoms with Gasteiger partial charge in [0.1, 0.15) is 5.04 Å². The van der Waals surface area contributed by atoms with Gasteiger partial charge in [-0.1, -0.05) is 64.9 Å². The normalized spacial score (nSPS) is 12.3. The van der Waals surface area contributed by atoms with Crippen molar-refractivity contribution in [1.29, 1.82) is 0 Å². The Labute approximate surface area is 178 Å². The van der Waals surface area contributed by atoms with Crippen LogP contribution in [0.25, 0.3) is 0 Å². The van der Waals surface area contributed by atoms with Crippen molar-refractivity contribution in [3.8, 4) is 0 Å². The molecular formula is C22H17Cl2NS2. The lowest BCUT2D eigenvalue weighted by atomic mass is 10.3. The summed E-state index contributed by atoms with van der Waals surface area (Å²) in [5, 5.41) is 4.54. The quantitative estimate of drug-likeness (QED) is 0.228. The standard InChI is InChI=1S/C22H17Cl2NS2/c1-16(15-26-20-11-7-17(23)8-12-20)22(25-19-5-3-2-4-6-19)27-21-13-9-18(24)10-14-21/h2-15H,1H3/b16-15+,25-22-. The van der Waals surface area contributed by atoms with Gasteiger partial charge in [0.15, 0.2) is 0 Å². The zero-order valence-electron chi connectivity index (χ0n) is 14.6. The lowest BCUT2D eigenvalue weighted by Crippen LogP contribution is -1.94. The van der Waals surface area contributed by atoms with E-state index in [0.717, 1.165) is 36.1 Å². The second-order valence-electron chi connectivity index (χ2n) is 5.68. The minimum atomic E-state index is 0.728. The minimum absolute atomic E-state index is 0.728. The molecule has 5 heteroatoms. The summed E-state index contributed by atoms with van der Waals surface area (Å²) in [6.45, 7) is 2.08. The highest BCUT2D eigenvalue weighted by Crippen LogP contribution is 2.30. The van der Waals surface area contributed by atoms with Gasteiger partial charge in [-0.05, 0) is 78.6 Å². The number of aliphatic imine (C=N–C) groups is 1. The molecule has 3 aromatic carbocycles. The van der Waals surface area contributed by atoms with E-state index in [1.807, 2.05) is 78.9 Å². The summed E-state index contributed by atoms with van der Waals surface area (Å²) in [5.41, 5.74) is 2.02. The molecule has 0 aliphatic rings. The summed E-state index contributed by atoms with van der Waals surface area (Å²) in [7, 11) is 0. The van der Waals surface area contributed by atoms with Crippen LogP contribution >= 0.6 is 46.7 Å². The summed E-state index contributed by atoms with van der Waals surface area (Å²) in [6.07, 6.45) is 0. The van der Waals surface area contributed by atoms with Gasteiger partial charge in [-0.25, -0.2) is 4.99 Å². The minimum Gasteiger partial charge on any atom is -0.241 e. The maximum absolute atomic E-state index is 6.01. The number of halogens is 2. The molecule has 0 unspecified atom stereocenters. The molecule has 0 heterocycles. The van der Waals surface area contributed by atoms with Crippen molar-refractivity contribution < 1.29 is 0 Å². The molecule has 0 N–H and O–H groups in total. The average molecular weight is 430 g/mol. The fourth-order valence-corrected chi connectivity index (χ4v) is 4.06. The summed E-state index contributed by atoms with van der Waals surface area (Å²) >= 11 is 15.2. The maximum atomic E-state index is 6.01. The van der Waals surface area contributed by atoms with Crippen LogP contribution in [0.2, 0.25) is 10.0 Å². The van der Waals surface area contributed by atoms with Crippen molar-refractivity contribution in [2.75, 3.05) is 0 Å². The third-order valence-electron chi connectivity index (χ3n) is 3.54. The van der Waals surface area contributed by atoms with Crippen LogP contribution in [-0.2, 0) is 0 Å². The van der Waals surface area contributed by atoms with Crippen LogP contribution in [0.3, 0.4) is 0 Å². The number of hydrogen-bond acceptors (Lipinski definition) is 3. The number of rotatable bonds is 5. The Morgan fingerprint density at radius 3 is 1.93 bits per heavy atom. The second kappa shape index (κ2) is 10.0. The summed E-state index contributed by atoms with van der Waals surface area (Å²) in [4.78, 5) is 7.08. The zero-order chi connectivity index (χ0) is 19.1. The van der Waals surface area contributed by atoms with Gasteiger partial charge in [-0.3, -0.25) is 0 Å². The monoisotopic (exact) mass is 429 g/mol. The summed E-state index contributed by atoms with van der Waals surface area (Å²) < 4.78 is 0. The fraction of sp³-hybridized carbons (Fsp3) is 0.0455. The van der Waals surface area contributed by atoms with E-state index in [-0.39, 0.29) is 0 Å². The molecule has 0 aliphatic carbocycles. The molecule has 0 spiro atoms. The first-order valence-electron chi connectivity index (χ1n) is 8.27. The van der Waals surface area contributed by atoms with E-state index in [0.29, 0.717) is 0 Å². The lowest BCUT2D eigenvalue weighted by Gasteiger charge is -2.08. The van der Waals surface area contributed by atoms with Gasteiger partial charge >= 0.3 is 0 Å². The van der Waals surface area contributed by atoms with E-state index in [1.54, 1.807) is 23.5 Å². The SMILES string of the molecule is CC(=C\Sc1ccc(Cl)cc1)/C(=N/c1ccccc1)Sc1ccc(Cl)cc1. The van der Waals surface area contributed by atoms with Gasteiger partial charge in [-0.15, -0.1) is 0 Å². The predicted octanol–water partition coefficient (Wildman–Crippen LogP) is 8.51. The highest BCUT2D eigenvalue weighted by molar-refractivity contribution is 8.14. The van der Waals surface area contributed by atoms with Crippen LogP contribution in [0.4, 0.5) is 5.69 Å². The van der Waals surface area contributed by atoms with Gasteiger partial charge in [0.25, 0.3) is 0 Å². The Morgan fingerprint density at radius 1 is 0.778 bits per heavy atom. The summed E-state index contributed by atoms with van der Waals surface area (Å²) in [5.74, 6) is 0. The molecule has 0 atom stereocenters. The predicted molar refractivity (Wildman–Crippen MR) is 122 cm³/mol. The number of thioether (sulfide) groups is 2. The molecule has 136 valence electrons. The average Bonchev–Trinajstić information content (AvgIpc) is 2.69. The van der Waals surface area contributed by atoms with E-state index < -0.39 is 0 Å². The molecule has 1 nitrogen and oxygen atoms in total. The lowest BCUT2D eigenvalue weighted by molar-refractivity contribution is 1.46. The molecule has 0 aromatic heterocycles. The molecule has 27 heavy (non-hydrogen) atoms. The maximum Gasteiger partial charge on any atom is 0.105 e. The van der Waals surface area contributed by atoms with Crippen molar-refractivity contribution in [3.63, 3.8) is 0 Å². The fourth-order valence-electron chi connectivity index (χ4n) is 2.15. The zero-order valence-corrected chi connectivity index (χ0v) is 17.7. The van der Waals surface area contributed by atoms with E-state index in [4.69, 9.17) is 28.2 Å². The molecule has 0 radical (unpaired) electrons. The van der Waals surface area contributed by atoms with Gasteiger partial charge < -0.3 is 0 Å². The molecule has 3 rings (SSSR count). The van der Waals surface area contributed by atoms with Crippen molar-refractivity contribution in [3.05, 3.63) is 99.9 Å². The van der Waals surface area contributed by atoms with Gasteiger partial charge in [-0.2, -0.15) is 0 Å². The Hall–Kier alpha value is -1.65. The molecule has 0 fully saturated rings. The van der Waals surface area contributed by atoms with Crippen molar-refractivity contribution in [2.24, 2.45) is 4.99 Å². The number of para-hydroxylation sites is 1. The van der Waals surface area contributed by atoms with Crippen LogP contribution in [0, 0.1) is 0 Å². The first-order valence-corrected chi connectivity index (χ1v) is 10.7. The number of benzene rings is 3. The Kier molecular flexibility index (Phi) is 7.48. The Morgan fingerprint density at radius 2 is 1.33 bits per heavy atom. The molecule has 3 aromatic rings. The van der Waals surface area contributed by atoms with Crippen molar-refractivity contribution in [2.45, 2.75) is 16.7 Å². The van der Waals surface area contributed by atoms with Gasteiger partial charge in [0.05, 0.1) is 5.69 Å². The van der Waals surface area contributed by atoms with Crippen molar-refractivity contribution >= 4 is 57.5 Å². The van der Waals surface area contributed by atoms with Gasteiger partial charge in [0, 0.05) is 19.8 Å². The Bertz CT molecular complexity index is 934. The first-order chi connectivity index (χ1) is 13.1. The number of nitrogens with zero attached hydrogens (tertiary/aromatic N) is 1. The van der Waals surface area contributed by atoms with Crippen LogP contribution in [0.15, 0.2) is 105 Å². The first kappa shape index (κ1) is 20.1. The second-order valence-corrected chi connectivity index (χ2v) is 8.56. The topological polar surface area (TPSA) is 12.4 Å². The molecule has 0 bridgehead atoms.